The van der Waals surface area contributed by atoms with E-state index in [0.717, 1.165) is 13.0 Å². The summed E-state index contributed by atoms with van der Waals surface area (Å²) in [7, 11) is 3.95. The first-order chi connectivity index (χ1) is 5.33. The molecule has 1 amide bonds. The largest absolute Gasteiger partial charge is 0.370 e. The average molecular weight is 173 g/mol. The van der Waals surface area contributed by atoms with Crippen LogP contribution in [0.4, 0.5) is 0 Å². The Kier molecular flexibility index (Phi) is 4.20. The van der Waals surface area contributed by atoms with E-state index in [9.17, 15) is 4.79 Å². The molecule has 0 aromatic carbocycles. The Balaban J connectivity index is 3.78. The lowest BCUT2D eigenvalue weighted by molar-refractivity contribution is -0.119. The van der Waals surface area contributed by atoms with Crippen molar-refractivity contribution in [3.05, 3.63) is 0 Å². The van der Waals surface area contributed by atoms with Gasteiger partial charge in [0.15, 0.2) is 0 Å². The fraction of sp³-hybridized carbons (Fsp3) is 0.875. The minimum Gasteiger partial charge on any atom is -0.370 e. The fourth-order valence-electron chi connectivity index (χ4n) is 0.965. The minimum atomic E-state index is -0.462. The van der Waals surface area contributed by atoms with Crippen molar-refractivity contribution in [3.63, 3.8) is 0 Å². The second-order valence-corrected chi connectivity index (χ2v) is 3.85. The molecule has 72 valence electrons. The second-order valence-electron chi connectivity index (χ2n) is 3.85. The molecule has 4 heteroatoms. The maximum atomic E-state index is 10.6. The molecule has 1 atom stereocenters. The number of amides is 1. The van der Waals surface area contributed by atoms with Crippen LogP contribution in [-0.4, -0.2) is 37.0 Å². The first-order valence-electron chi connectivity index (χ1n) is 4.05. The molecular formula is C8H19N3O. The van der Waals surface area contributed by atoms with Gasteiger partial charge in [0.2, 0.25) is 5.91 Å². The van der Waals surface area contributed by atoms with Crippen LogP contribution in [-0.2, 0) is 4.79 Å². The van der Waals surface area contributed by atoms with Crippen LogP contribution in [0.2, 0.25) is 0 Å². The average Bonchev–Trinajstić information content (AvgIpc) is 1.81. The number of carbonyl (C=O) groups excluding carboxylic acids is 1. The summed E-state index contributed by atoms with van der Waals surface area (Å²) in [6.07, 6.45) is 1.03. The Hall–Kier alpha value is -0.610. The van der Waals surface area contributed by atoms with Crippen LogP contribution < -0.4 is 11.5 Å². The van der Waals surface area contributed by atoms with Crippen LogP contribution in [0.15, 0.2) is 0 Å². The zero-order chi connectivity index (χ0) is 9.78. The highest BCUT2D eigenvalue weighted by atomic mass is 16.1. The predicted molar refractivity (Wildman–Crippen MR) is 49.6 cm³/mol. The normalized spacial score (nSPS) is 16.1. The van der Waals surface area contributed by atoms with Crippen molar-refractivity contribution in [2.24, 2.45) is 11.5 Å². The lowest BCUT2D eigenvalue weighted by Crippen LogP contribution is -2.42. The molecule has 0 spiro atoms. The molecule has 0 aromatic rings. The quantitative estimate of drug-likeness (QED) is 0.590. The van der Waals surface area contributed by atoms with E-state index in [4.69, 9.17) is 11.5 Å². The van der Waals surface area contributed by atoms with Gasteiger partial charge in [0.1, 0.15) is 0 Å². The topological polar surface area (TPSA) is 72.3 Å². The summed E-state index contributed by atoms with van der Waals surface area (Å²) in [5.41, 5.74) is 10.4. The van der Waals surface area contributed by atoms with Crippen LogP contribution in [0.25, 0.3) is 0 Å². The van der Waals surface area contributed by atoms with E-state index in [0.29, 0.717) is 0 Å². The van der Waals surface area contributed by atoms with E-state index >= 15 is 0 Å². The maximum absolute atomic E-state index is 10.6. The smallest absolute Gasteiger partial charge is 0.219 e. The standard InChI is InChI=1S/C8H19N3O/c1-8(10,6-7(9)12)4-5-11(2)3/h4-6,10H2,1-3H3,(H2,9,12). The van der Waals surface area contributed by atoms with Gasteiger partial charge in [-0.3, -0.25) is 4.79 Å². The van der Waals surface area contributed by atoms with E-state index in [1.807, 2.05) is 25.9 Å². The van der Waals surface area contributed by atoms with E-state index < -0.39 is 5.54 Å². The van der Waals surface area contributed by atoms with Crippen molar-refractivity contribution in [2.75, 3.05) is 20.6 Å². The molecule has 0 fully saturated rings. The molecule has 0 bridgehead atoms. The van der Waals surface area contributed by atoms with Gasteiger partial charge in [-0.15, -0.1) is 0 Å². The molecular weight excluding hydrogens is 154 g/mol. The van der Waals surface area contributed by atoms with E-state index in [2.05, 4.69) is 0 Å². The van der Waals surface area contributed by atoms with Gasteiger partial charge in [0, 0.05) is 12.0 Å². The van der Waals surface area contributed by atoms with Gasteiger partial charge in [0.25, 0.3) is 0 Å². The number of nitrogens with zero attached hydrogens (tertiary/aromatic N) is 1. The van der Waals surface area contributed by atoms with Crippen LogP contribution in [0.5, 0.6) is 0 Å². The first-order valence-corrected chi connectivity index (χ1v) is 4.05. The highest BCUT2D eigenvalue weighted by Crippen LogP contribution is 2.10. The van der Waals surface area contributed by atoms with Gasteiger partial charge in [-0.25, -0.2) is 0 Å². The van der Waals surface area contributed by atoms with E-state index in [1.165, 1.54) is 0 Å². The molecule has 0 aliphatic carbocycles. The van der Waals surface area contributed by atoms with Gasteiger partial charge >= 0.3 is 0 Å². The maximum Gasteiger partial charge on any atom is 0.219 e. The Morgan fingerprint density at radius 3 is 2.33 bits per heavy atom. The minimum absolute atomic E-state index is 0.251. The third-order valence-electron chi connectivity index (χ3n) is 1.71. The lowest BCUT2D eigenvalue weighted by Gasteiger charge is -2.24. The molecule has 0 radical (unpaired) electrons. The molecule has 0 rings (SSSR count). The number of hydrogen-bond donors (Lipinski definition) is 2. The van der Waals surface area contributed by atoms with Crippen LogP contribution in [0, 0.1) is 0 Å². The van der Waals surface area contributed by atoms with Gasteiger partial charge in [-0.2, -0.15) is 0 Å². The van der Waals surface area contributed by atoms with Crippen molar-refractivity contribution in [1.82, 2.24) is 4.90 Å². The molecule has 0 saturated carbocycles. The molecule has 0 aliphatic heterocycles. The van der Waals surface area contributed by atoms with Crippen molar-refractivity contribution in [1.29, 1.82) is 0 Å². The summed E-state index contributed by atoms with van der Waals surface area (Å²) >= 11 is 0. The summed E-state index contributed by atoms with van der Waals surface area (Å²) in [5.74, 6) is -0.334. The fourth-order valence-corrected chi connectivity index (χ4v) is 0.965. The molecule has 0 aromatic heterocycles. The van der Waals surface area contributed by atoms with Gasteiger partial charge in [-0.05, 0) is 34.0 Å². The SMILES string of the molecule is CN(C)CCC(C)(N)CC(N)=O. The van der Waals surface area contributed by atoms with Gasteiger partial charge in [-0.1, -0.05) is 0 Å². The van der Waals surface area contributed by atoms with E-state index in [1.54, 1.807) is 0 Å². The number of carbonyl (C=O) groups is 1. The summed E-state index contributed by atoms with van der Waals surface area (Å²) in [5, 5.41) is 0. The van der Waals surface area contributed by atoms with Crippen molar-refractivity contribution < 1.29 is 4.79 Å². The zero-order valence-corrected chi connectivity index (χ0v) is 8.13. The van der Waals surface area contributed by atoms with Gasteiger partial charge in [0.05, 0.1) is 0 Å². The lowest BCUT2D eigenvalue weighted by atomic mass is 9.94. The molecule has 4 N–H and O–H groups in total. The van der Waals surface area contributed by atoms with Crippen molar-refractivity contribution >= 4 is 5.91 Å². The van der Waals surface area contributed by atoms with E-state index in [-0.39, 0.29) is 12.3 Å². The highest BCUT2D eigenvalue weighted by Gasteiger charge is 2.20. The number of rotatable bonds is 5. The summed E-state index contributed by atoms with van der Waals surface area (Å²) in [6, 6.07) is 0. The van der Waals surface area contributed by atoms with Crippen LogP contribution in [0.1, 0.15) is 19.8 Å². The van der Waals surface area contributed by atoms with Crippen molar-refractivity contribution in [2.45, 2.75) is 25.3 Å². The Morgan fingerprint density at radius 1 is 1.50 bits per heavy atom. The Labute approximate surface area is 73.9 Å². The number of nitrogens with two attached hydrogens (primary N) is 2. The molecule has 0 saturated heterocycles. The van der Waals surface area contributed by atoms with Crippen LogP contribution in [0.3, 0.4) is 0 Å². The van der Waals surface area contributed by atoms with Crippen molar-refractivity contribution in [3.8, 4) is 0 Å². The third-order valence-corrected chi connectivity index (χ3v) is 1.71. The molecule has 0 aliphatic rings. The number of hydrogen-bond acceptors (Lipinski definition) is 3. The predicted octanol–water partition coefficient (Wildman–Crippen LogP) is -0.469. The van der Waals surface area contributed by atoms with Gasteiger partial charge < -0.3 is 16.4 Å². The monoisotopic (exact) mass is 173 g/mol. The Morgan fingerprint density at radius 2 is 2.00 bits per heavy atom. The third kappa shape index (κ3) is 6.12. The first kappa shape index (κ1) is 11.4. The molecule has 0 heterocycles. The zero-order valence-electron chi connectivity index (χ0n) is 8.13. The van der Waals surface area contributed by atoms with Crippen LogP contribution >= 0.6 is 0 Å². The summed E-state index contributed by atoms with van der Waals surface area (Å²) in [4.78, 5) is 12.6. The second kappa shape index (κ2) is 4.42. The summed E-state index contributed by atoms with van der Waals surface area (Å²) in [6.45, 7) is 2.72. The molecule has 12 heavy (non-hydrogen) atoms. The molecule has 1 unspecified atom stereocenters. The molecule has 4 nitrogen and oxygen atoms in total. The highest BCUT2D eigenvalue weighted by molar-refractivity contribution is 5.75. The Bertz CT molecular complexity index is 154. The summed E-state index contributed by atoms with van der Waals surface area (Å²) < 4.78 is 0. The number of primary amides is 1.